The lowest BCUT2D eigenvalue weighted by atomic mass is 9.99. The van der Waals surface area contributed by atoms with Crippen molar-refractivity contribution in [2.75, 3.05) is 19.7 Å². The van der Waals surface area contributed by atoms with Gasteiger partial charge in [-0.15, -0.1) is 0 Å². The average molecular weight is 417 g/mol. The first-order valence-corrected chi connectivity index (χ1v) is 10.1. The van der Waals surface area contributed by atoms with Crippen LogP contribution in [0.15, 0.2) is 36.4 Å². The summed E-state index contributed by atoms with van der Waals surface area (Å²) >= 11 is 0. The molecule has 2 amide bonds. The van der Waals surface area contributed by atoms with Crippen molar-refractivity contribution in [3.05, 3.63) is 64.7 Å². The van der Waals surface area contributed by atoms with Gasteiger partial charge in [0.1, 0.15) is 5.82 Å². The molecule has 2 atom stereocenters. The van der Waals surface area contributed by atoms with Gasteiger partial charge in [0.05, 0.1) is 24.3 Å². The monoisotopic (exact) mass is 417 g/mol. The van der Waals surface area contributed by atoms with E-state index in [-0.39, 0.29) is 24.0 Å². The van der Waals surface area contributed by atoms with Crippen LogP contribution < -0.4 is 15.4 Å². The van der Waals surface area contributed by atoms with E-state index in [2.05, 4.69) is 15.5 Å². The second-order valence-corrected chi connectivity index (χ2v) is 7.74. The molecule has 0 radical (unpaired) electrons. The van der Waals surface area contributed by atoms with Crippen molar-refractivity contribution in [3.8, 4) is 5.75 Å². The van der Waals surface area contributed by atoms with Crippen LogP contribution in [-0.2, 0) is 13.1 Å². The van der Waals surface area contributed by atoms with E-state index >= 15 is 0 Å². The number of hydrogen-bond donors (Lipinski definition) is 3. The molecule has 3 N–H and O–H groups in total. The van der Waals surface area contributed by atoms with Gasteiger partial charge in [0.2, 0.25) is 0 Å². The van der Waals surface area contributed by atoms with Gasteiger partial charge in [-0.05, 0) is 29.7 Å². The number of aliphatic hydroxyl groups excluding tert-OH is 1. The van der Waals surface area contributed by atoms with Gasteiger partial charge in [-0.2, -0.15) is 0 Å². The number of halogens is 2. The Bertz CT molecular complexity index is 924. The smallest absolute Gasteiger partial charge is 0.315 e. The zero-order chi connectivity index (χ0) is 21.1. The lowest BCUT2D eigenvalue weighted by molar-refractivity contribution is 0.174. The summed E-state index contributed by atoms with van der Waals surface area (Å²) in [7, 11) is 0. The molecule has 2 aromatic rings. The third-order valence-electron chi connectivity index (χ3n) is 5.60. The summed E-state index contributed by atoms with van der Waals surface area (Å²) in [4.78, 5) is 14.6. The molecule has 1 saturated heterocycles. The number of urea groups is 1. The number of likely N-dealkylation sites (tertiary alicyclic amines) is 1. The van der Waals surface area contributed by atoms with Crippen molar-refractivity contribution in [2.45, 2.75) is 38.1 Å². The molecule has 0 aromatic heterocycles. The average Bonchev–Trinajstić information content (AvgIpc) is 3.15. The molecule has 0 aliphatic carbocycles. The van der Waals surface area contributed by atoms with Crippen LogP contribution in [0.3, 0.4) is 0 Å². The summed E-state index contributed by atoms with van der Waals surface area (Å²) in [5, 5.41) is 15.3. The summed E-state index contributed by atoms with van der Waals surface area (Å²) in [5.41, 5.74) is 2.10. The molecule has 30 heavy (non-hydrogen) atoms. The highest BCUT2D eigenvalue weighted by atomic mass is 19.1. The van der Waals surface area contributed by atoms with E-state index in [1.165, 1.54) is 0 Å². The van der Waals surface area contributed by atoms with E-state index in [1.807, 2.05) is 24.3 Å². The fourth-order valence-corrected chi connectivity index (χ4v) is 4.05. The largest absolute Gasteiger partial charge is 0.490 e. The first kappa shape index (κ1) is 20.6. The number of nitrogens with zero attached hydrogens (tertiary/aromatic N) is 1. The van der Waals surface area contributed by atoms with Crippen LogP contribution in [0.4, 0.5) is 13.6 Å². The maximum Gasteiger partial charge on any atom is 0.315 e. The summed E-state index contributed by atoms with van der Waals surface area (Å²) < 4.78 is 33.4. The van der Waals surface area contributed by atoms with Crippen LogP contribution in [-0.4, -0.2) is 41.8 Å². The Morgan fingerprint density at radius 1 is 1.13 bits per heavy atom. The van der Waals surface area contributed by atoms with Crippen molar-refractivity contribution < 1.29 is 23.4 Å². The molecule has 2 aliphatic rings. The van der Waals surface area contributed by atoms with Gasteiger partial charge in [0.15, 0.2) is 11.6 Å². The highest BCUT2D eigenvalue weighted by Crippen LogP contribution is 2.36. The standard InChI is InChI=1S/C22H25F2N3O3/c23-17-5-6-18(24)21-20(17)19(8-10-30-21)26-22(29)25-11-14-3-1-2-4-15(14)12-27-9-7-16(28)13-27/h1-6,16,19,28H,7-13H2,(H2,25,26,29)/t16?,19-/m1/s1. The highest BCUT2D eigenvalue weighted by Gasteiger charge is 2.29. The molecule has 2 aromatic carbocycles. The van der Waals surface area contributed by atoms with Gasteiger partial charge in [0, 0.05) is 32.6 Å². The minimum Gasteiger partial charge on any atom is -0.490 e. The molecule has 1 fully saturated rings. The minimum absolute atomic E-state index is 0.0457. The van der Waals surface area contributed by atoms with E-state index in [1.54, 1.807) is 0 Å². The Kier molecular flexibility index (Phi) is 6.15. The van der Waals surface area contributed by atoms with Gasteiger partial charge in [-0.3, -0.25) is 4.90 Å². The van der Waals surface area contributed by atoms with E-state index in [0.29, 0.717) is 26.1 Å². The fourth-order valence-electron chi connectivity index (χ4n) is 4.05. The van der Waals surface area contributed by atoms with E-state index in [9.17, 15) is 18.7 Å². The molecular formula is C22H25F2N3O3. The molecule has 2 aliphatic heterocycles. The second kappa shape index (κ2) is 8.97. The molecular weight excluding hydrogens is 392 g/mol. The van der Waals surface area contributed by atoms with Gasteiger partial charge in [-0.25, -0.2) is 13.6 Å². The van der Waals surface area contributed by atoms with Crippen molar-refractivity contribution in [1.29, 1.82) is 0 Å². The first-order valence-electron chi connectivity index (χ1n) is 10.1. The number of benzene rings is 2. The predicted octanol–water partition coefficient (Wildman–Crippen LogP) is 2.85. The van der Waals surface area contributed by atoms with Gasteiger partial charge < -0.3 is 20.5 Å². The van der Waals surface area contributed by atoms with Crippen LogP contribution in [0.2, 0.25) is 0 Å². The molecule has 6 nitrogen and oxygen atoms in total. The Morgan fingerprint density at radius 2 is 1.90 bits per heavy atom. The summed E-state index contributed by atoms with van der Waals surface area (Å²) in [6.07, 6.45) is 0.843. The Hall–Kier alpha value is -2.71. The van der Waals surface area contributed by atoms with E-state index in [4.69, 9.17) is 4.74 Å². The van der Waals surface area contributed by atoms with E-state index in [0.717, 1.165) is 36.2 Å². The van der Waals surface area contributed by atoms with Crippen molar-refractivity contribution in [2.24, 2.45) is 0 Å². The zero-order valence-electron chi connectivity index (χ0n) is 16.5. The molecule has 0 spiro atoms. The molecule has 2 heterocycles. The topological polar surface area (TPSA) is 73.8 Å². The fraction of sp³-hybridized carbons (Fsp3) is 0.409. The SMILES string of the molecule is O=C(NCc1ccccc1CN1CCC(O)C1)N[C@@H]1CCOc2c(F)ccc(F)c21. The molecule has 0 bridgehead atoms. The number of hydrogen-bond acceptors (Lipinski definition) is 4. The second-order valence-electron chi connectivity index (χ2n) is 7.74. The van der Waals surface area contributed by atoms with Crippen LogP contribution in [0.1, 0.15) is 35.6 Å². The van der Waals surface area contributed by atoms with Crippen molar-refractivity contribution >= 4 is 6.03 Å². The third-order valence-corrected chi connectivity index (χ3v) is 5.60. The van der Waals surface area contributed by atoms with Crippen LogP contribution >= 0.6 is 0 Å². The predicted molar refractivity (Wildman–Crippen MR) is 107 cm³/mol. The third kappa shape index (κ3) is 4.55. The number of carbonyl (C=O) groups excluding carboxylic acids is 1. The molecule has 160 valence electrons. The molecule has 0 saturated carbocycles. The van der Waals surface area contributed by atoms with Crippen LogP contribution in [0.25, 0.3) is 0 Å². The lowest BCUT2D eigenvalue weighted by Gasteiger charge is -2.27. The Labute approximate surface area is 173 Å². The normalized spacial score (nSPS) is 21.0. The quantitative estimate of drug-likeness (QED) is 0.700. The number of β-amino-alcohol motifs (C(OH)–C–C–N with tert-alkyl or cyclic N) is 1. The summed E-state index contributed by atoms with van der Waals surface area (Å²) in [6, 6.07) is 8.75. The number of rotatable bonds is 5. The summed E-state index contributed by atoms with van der Waals surface area (Å²) in [6.45, 7) is 2.69. The first-order chi connectivity index (χ1) is 14.5. The molecule has 4 rings (SSSR count). The van der Waals surface area contributed by atoms with Gasteiger partial charge in [0.25, 0.3) is 0 Å². The maximum absolute atomic E-state index is 14.2. The van der Waals surface area contributed by atoms with Crippen LogP contribution in [0.5, 0.6) is 5.75 Å². The van der Waals surface area contributed by atoms with Gasteiger partial charge >= 0.3 is 6.03 Å². The molecule has 8 heteroatoms. The van der Waals surface area contributed by atoms with Crippen molar-refractivity contribution in [3.63, 3.8) is 0 Å². The number of carbonyl (C=O) groups is 1. The van der Waals surface area contributed by atoms with Crippen molar-refractivity contribution in [1.82, 2.24) is 15.5 Å². The Balaban J connectivity index is 1.38. The molecule has 1 unspecified atom stereocenters. The Morgan fingerprint density at radius 3 is 2.67 bits per heavy atom. The lowest BCUT2D eigenvalue weighted by Crippen LogP contribution is -2.40. The maximum atomic E-state index is 14.2. The number of ether oxygens (including phenoxy) is 1. The van der Waals surface area contributed by atoms with Crippen LogP contribution in [0, 0.1) is 11.6 Å². The number of amides is 2. The number of fused-ring (bicyclic) bond motifs is 1. The highest BCUT2D eigenvalue weighted by molar-refractivity contribution is 5.74. The van der Waals surface area contributed by atoms with Gasteiger partial charge in [-0.1, -0.05) is 24.3 Å². The zero-order valence-corrected chi connectivity index (χ0v) is 16.5. The minimum atomic E-state index is -0.661. The number of nitrogens with one attached hydrogen (secondary N) is 2. The summed E-state index contributed by atoms with van der Waals surface area (Å²) in [5.74, 6) is -1.38. The number of aliphatic hydroxyl groups is 1. The van der Waals surface area contributed by atoms with E-state index < -0.39 is 23.7 Å².